The second-order valence-corrected chi connectivity index (χ2v) is 6.17. The second kappa shape index (κ2) is 6.11. The van der Waals surface area contributed by atoms with Crippen molar-refractivity contribution in [2.75, 3.05) is 12.3 Å². The molecule has 0 fully saturated rings. The first-order valence-electron chi connectivity index (χ1n) is 6.41. The smallest absolute Gasteiger partial charge is 0.142 e. The van der Waals surface area contributed by atoms with Crippen molar-refractivity contribution in [3.63, 3.8) is 0 Å². The summed E-state index contributed by atoms with van der Waals surface area (Å²) in [6.07, 6.45) is 1.70. The van der Waals surface area contributed by atoms with Crippen LogP contribution in [0.1, 0.15) is 0 Å². The number of nitrogens with two attached hydrogens (primary N) is 1. The van der Waals surface area contributed by atoms with Gasteiger partial charge >= 0.3 is 0 Å². The van der Waals surface area contributed by atoms with Crippen molar-refractivity contribution < 1.29 is 4.74 Å². The highest BCUT2D eigenvalue weighted by Gasteiger charge is 2.09. The SMILES string of the molecule is C=CCOc1ccc(-c2nc(-c3cccs3)cs2)cc1N. The van der Waals surface area contributed by atoms with Crippen molar-refractivity contribution in [3.05, 3.63) is 53.7 Å². The normalized spacial score (nSPS) is 10.5. The number of hydrogen-bond acceptors (Lipinski definition) is 5. The summed E-state index contributed by atoms with van der Waals surface area (Å²) in [6.45, 7) is 4.07. The van der Waals surface area contributed by atoms with Crippen molar-refractivity contribution >= 4 is 28.4 Å². The van der Waals surface area contributed by atoms with E-state index in [0.29, 0.717) is 18.0 Å². The molecule has 0 aliphatic rings. The summed E-state index contributed by atoms with van der Waals surface area (Å²) in [5, 5.41) is 5.08. The molecule has 0 bridgehead atoms. The molecule has 1 aromatic carbocycles. The van der Waals surface area contributed by atoms with Crippen LogP contribution in [-0.2, 0) is 0 Å². The van der Waals surface area contributed by atoms with Gasteiger partial charge in [-0.3, -0.25) is 0 Å². The Balaban J connectivity index is 1.87. The minimum atomic E-state index is 0.448. The molecule has 0 spiro atoms. The lowest BCUT2D eigenvalue weighted by Gasteiger charge is -2.07. The molecule has 106 valence electrons. The summed E-state index contributed by atoms with van der Waals surface area (Å²) >= 11 is 3.31. The topological polar surface area (TPSA) is 48.1 Å². The van der Waals surface area contributed by atoms with E-state index >= 15 is 0 Å². The number of anilines is 1. The predicted molar refractivity (Wildman–Crippen MR) is 91.0 cm³/mol. The van der Waals surface area contributed by atoms with Crippen LogP contribution >= 0.6 is 22.7 Å². The maximum absolute atomic E-state index is 6.02. The van der Waals surface area contributed by atoms with Crippen molar-refractivity contribution in [1.82, 2.24) is 4.98 Å². The van der Waals surface area contributed by atoms with E-state index in [9.17, 15) is 0 Å². The first-order chi connectivity index (χ1) is 10.3. The molecule has 3 aromatic rings. The van der Waals surface area contributed by atoms with Gasteiger partial charge in [0.05, 0.1) is 16.3 Å². The summed E-state index contributed by atoms with van der Waals surface area (Å²) in [5.74, 6) is 0.675. The van der Waals surface area contributed by atoms with Crippen LogP contribution in [-0.4, -0.2) is 11.6 Å². The zero-order chi connectivity index (χ0) is 14.7. The van der Waals surface area contributed by atoms with Crippen LogP contribution in [0.15, 0.2) is 53.7 Å². The van der Waals surface area contributed by atoms with Gasteiger partial charge in [0.2, 0.25) is 0 Å². The quantitative estimate of drug-likeness (QED) is 0.549. The minimum Gasteiger partial charge on any atom is -0.487 e. The molecule has 0 amide bonds. The zero-order valence-corrected chi connectivity index (χ0v) is 12.9. The number of nitrogens with zero attached hydrogens (tertiary/aromatic N) is 1. The standard InChI is InChI=1S/C16H14N2OS2/c1-2-7-19-14-6-5-11(9-12(14)17)16-18-13(10-21-16)15-4-3-8-20-15/h2-6,8-10H,1,7,17H2. The molecule has 2 N–H and O–H groups in total. The van der Waals surface area contributed by atoms with E-state index in [-0.39, 0.29) is 0 Å². The summed E-state index contributed by atoms with van der Waals surface area (Å²) < 4.78 is 5.48. The first-order valence-corrected chi connectivity index (χ1v) is 8.17. The fourth-order valence-corrected chi connectivity index (χ4v) is 3.48. The van der Waals surface area contributed by atoms with Gasteiger partial charge in [-0.1, -0.05) is 18.7 Å². The Morgan fingerprint density at radius 1 is 1.29 bits per heavy atom. The highest BCUT2D eigenvalue weighted by atomic mass is 32.1. The summed E-state index contributed by atoms with van der Waals surface area (Å²) in [7, 11) is 0. The third-order valence-electron chi connectivity index (χ3n) is 2.89. The molecule has 0 aliphatic carbocycles. The summed E-state index contributed by atoms with van der Waals surface area (Å²) in [6, 6.07) is 9.86. The molecule has 5 heteroatoms. The third-order valence-corrected chi connectivity index (χ3v) is 4.67. The van der Waals surface area contributed by atoms with Gasteiger partial charge in [-0.15, -0.1) is 22.7 Å². The van der Waals surface area contributed by atoms with Gasteiger partial charge in [0, 0.05) is 10.9 Å². The zero-order valence-electron chi connectivity index (χ0n) is 11.3. The van der Waals surface area contributed by atoms with Gasteiger partial charge in [0.15, 0.2) is 0 Å². The number of thiophene rings is 1. The Morgan fingerprint density at radius 2 is 2.19 bits per heavy atom. The summed E-state index contributed by atoms with van der Waals surface area (Å²) in [4.78, 5) is 5.85. The van der Waals surface area contributed by atoms with E-state index in [1.54, 1.807) is 28.7 Å². The third kappa shape index (κ3) is 2.99. The van der Waals surface area contributed by atoms with Crippen LogP contribution < -0.4 is 10.5 Å². The Kier molecular flexibility index (Phi) is 4.03. The number of rotatable bonds is 5. The number of nitrogen functional groups attached to an aromatic ring is 1. The monoisotopic (exact) mass is 314 g/mol. The molecular formula is C16H14N2OS2. The van der Waals surface area contributed by atoms with Crippen LogP contribution in [0.2, 0.25) is 0 Å². The minimum absolute atomic E-state index is 0.448. The Hall–Kier alpha value is -2.11. The van der Waals surface area contributed by atoms with Gasteiger partial charge < -0.3 is 10.5 Å². The van der Waals surface area contributed by atoms with Gasteiger partial charge in [-0.25, -0.2) is 4.98 Å². The molecule has 0 unspecified atom stereocenters. The lowest BCUT2D eigenvalue weighted by molar-refractivity contribution is 0.365. The molecule has 0 atom stereocenters. The molecule has 0 saturated heterocycles. The highest BCUT2D eigenvalue weighted by molar-refractivity contribution is 7.15. The number of hydrogen-bond donors (Lipinski definition) is 1. The fraction of sp³-hybridized carbons (Fsp3) is 0.0625. The summed E-state index contributed by atoms with van der Waals surface area (Å²) in [5.41, 5.74) is 8.65. The average molecular weight is 314 g/mol. The van der Waals surface area contributed by atoms with E-state index < -0.39 is 0 Å². The predicted octanol–water partition coefficient (Wildman–Crippen LogP) is 4.69. The lowest BCUT2D eigenvalue weighted by atomic mass is 10.2. The Bertz CT molecular complexity index is 747. The number of thiazole rings is 1. The van der Waals surface area contributed by atoms with Gasteiger partial charge in [-0.05, 0) is 29.6 Å². The van der Waals surface area contributed by atoms with E-state index in [1.165, 1.54) is 4.88 Å². The van der Waals surface area contributed by atoms with Crippen molar-refractivity contribution in [3.8, 4) is 26.9 Å². The van der Waals surface area contributed by atoms with Crippen molar-refractivity contribution in [1.29, 1.82) is 0 Å². The van der Waals surface area contributed by atoms with E-state index in [2.05, 4.69) is 28.4 Å². The highest BCUT2D eigenvalue weighted by Crippen LogP contribution is 2.33. The van der Waals surface area contributed by atoms with Crippen molar-refractivity contribution in [2.45, 2.75) is 0 Å². The fourth-order valence-electron chi connectivity index (χ4n) is 1.91. The lowest BCUT2D eigenvalue weighted by Crippen LogP contribution is -1.97. The van der Waals surface area contributed by atoms with Gasteiger partial charge in [0.1, 0.15) is 17.4 Å². The maximum Gasteiger partial charge on any atom is 0.142 e. The molecule has 2 aromatic heterocycles. The van der Waals surface area contributed by atoms with Crippen LogP contribution in [0.3, 0.4) is 0 Å². The number of aromatic nitrogens is 1. The van der Waals surface area contributed by atoms with Crippen LogP contribution in [0.4, 0.5) is 5.69 Å². The number of ether oxygens (including phenoxy) is 1. The first kappa shape index (κ1) is 13.9. The molecule has 2 heterocycles. The molecule has 3 nitrogen and oxygen atoms in total. The molecule has 0 aliphatic heterocycles. The second-order valence-electron chi connectivity index (χ2n) is 4.37. The van der Waals surface area contributed by atoms with E-state index in [4.69, 9.17) is 10.5 Å². The van der Waals surface area contributed by atoms with Gasteiger partial charge in [0.25, 0.3) is 0 Å². The Morgan fingerprint density at radius 3 is 2.90 bits per heavy atom. The van der Waals surface area contributed by atoms with Crippen LogP contribution in [0, 0.1) is 0 Å². The largest absolute Gasteiger partial charge is 0.487 e. The molecule has 21 heavy (non-hydrogen) atoms. The molecular weight excluding hydrogens is 300 g/mol. The number of benzene rings is 1. The van der Waals surface area contributed by atoms with Crippen molar-refractivity contribution in [2.24, 2.45) is 0 Å². The average Bonchev–Trinajstić information content (AvgIpc) is 3.16. The molecule has 0 saturated carbocycles. The Labute approximate surface area is 131 Å². The van der Waals surface area contributed by atoms with Crippen LogP contribution in [0.25, 0.3) is 21.1 Å². The van der Waals surface area contributed by atoms with Gasteiger partial charge in [-0.2, -0.15) is 0 Å². The van der Waals surface area contributed by atoms with E-state index in [0.717, 1.165) is 16.3 Å². The molecule has 0 radical (unpaired) electrons. The molecule has 3 rings (SSSR count). The maximum atomic E-state index is 6.02. The van der Waals surface area contributed by atoms with Crippen LogP contribution in [0.5, 0.6) is 5.75 Å². The van der Waals surface area contributed by atoms with E-state index in [1.807, 2.05) is 24.3 Å².